The van der Waals surface area contributed by atoms with Gasteiger partial charge < -0.3 is 5.32 Å². The summed E-state index contributed by atoms with van der Waals surface area (Å²) in [6, 6.07) is 8.06. The number of nitrogens with zero attached hydrogens (tertiary/aromatic N) is 2. The van der Waals surface area contributed by atoms with Gasteiger partial charge in [-0.3, -0.25) is 0 Å². The molecule has 106 valence electrons. The molecular weight excluding hydrogens is 298 g/mol. The van der Waals surface area contributed by atoms with E-state index in [-0.39, 0.29) is 4.90 Å². The van der Waals surface area contributed by atoms with Crippen LogP contribution in [0.15, 0.2) is 35.2 Å². The zero-order chi connectivity index (χ0) is 14.8. The topological polar surface area (TPSA) is 72.0 Å². The minimum absolute atomic E-state index is 0.276. The first kappa shape index (κ1) is 14.7. The molecule has 5 nitrogen and oxygen atoms in total. The molecule has 1 aromatic carbocycles. The largest absolute Gasteiger partial charge is 0.340 e. The van der Waals surface area contributed by atoms with Crippen LogP contribution < -0.4 is 5.32 Å². The maximum absolute atomic E-state index is 11.4. The maximum atomic E-state index is 11.4. The number of benzene rings is 1. The van der Waals surface area contributed by atoms with E-state index in [4.69, 9.17) is 11.6 Å². The lowest BCUT2D eigenvalue weighted by molar-refractivity contribution is 0.602. The number of nitrogens with one attached hydrogen (secondary N) is 1. The van der Waals surface area contributed by atoms with Crippen molar-refractivity contribution in [2.45, 2.75) is 18.2 Å². The minimum Gasteiger partial charge on any atom is -0.340 e. The van der Waals surface area contributed by atoms with Crippen LogP contribution in [-0.2, 0) is 16.3 Å². The molecule has 0 spiro atoms. The van der Waals surface area contributed by atoms with Crippen LogP contribution in [0.4, 0.5) is 11.5 Å². The Hall–Kier alpha value is -1.66. The van der Waals surface area contributed by atoms with Gasteiger partial charge in [-0.25, -0.2) is 18.4 Å². The molecule has 20 heavy (non-hydrogen) atoms. The normalized spacial score (nSPS) is 11.3. The van der Waals surface area contributed by atoms with E-state index >= 15 is 0 Å². The Labute approximate surface area is 123 Å². The summed E-state index contributed by atoms with van der Waals surface area (Å²) >= 11 is 5.91. The number of aromatic nitrogens is 2. The predicted octanol–water partition coefficient (Wildman–Crippen LogP) is 2.84. The summed E-state index contributed by atoms with van der Waals surface area (Å²) in [5, 5.41) is 3.44. The van der Waals surface area contributed by atoms with Crippen molar-refractivity contribution in [3.8, 4) is 0 Å². The van der Waals surface area contributed by atoms with Gasteiger partial charge in [0.1, 0.15) is 16.8 Å². The third-order valence-corrected chi connectivity index (χ3v) is 3.93. The number of halogens is 1. The van der Waals surface area contributed by atoms with Crippen molar-refractivity contribution >= 4 is 32.9 Å². The first-order valence-electron chi connectivity index (χ1n) is 5.99. The fraction of sp³-hybridized carbons (Fsp3) is 0.231. The Balaban J connectivity index is 2.24. The summed E-state index contributed by atoms with van der Waals surface area (Å²) in [7, 11) is -3.18. The molecule has 0 aliphatic heterocycles. The van der Waals surface area contributed by atoms with Crippen LogP contribution in [0.5, 0.6) is 0 Å². The average Bonchev–Trinajstić information content (AvgIpc) is 2.37. The molecule has 0 amide bonds. The van der Waals surface area contributed by atoms with E-state index in [1.807, 2.05) is 6.92 Å². The van der Waals surface area contributed by atoms with Crippen molar-refractivity contribution < 1.29 is 8.42 Å². The monoisotopic (exact) mass is 311 g/mol. The number of aryl methyl sites for hydroxylation is 1. The molecule has 1 N–H and O–H groups in total. The highest BCUT2D eigenvalue weighted by Crippen LogP contribution is 2.19. The molecule has 0 saturated carbocycles. The highest BCUT2D eigenvalue weighted by atomic mass is 35.5. The Morgan fingerprint density at radius 2 is 1.85 bits per heavy atom. The number of anilines is 2. The van der Waals surface area contributed by atoms with Gasteiger partial charge in [-0.2, -0.15) is 0 Å². The minimum atomic E-state index is -3.18. The van der Waals surface area contributed by atoms with Gasteiger partial charge in [0, 0.05) is 24.4 Å². The molecule has 0 unspecified atom stereocenters. The molecule has 0 bridgehead atoms. The van der Waals surface area contributed by atoms with Crippen LogP contribution in [0, 0.1) is 0 Å². The molecule has 7 heteroatoms. The predicted molar refractivity (Wildman–Crippen MR) is 79.3 cm³/mol. The first-order valence-corrected chi connectivity index (χ1v) is 8.26. The summed E-state index contributed by atoms with van der Waals surface area (Å²) in [4.78, 5) is 8.64. The van der Waals surface area contributed by atoms with E-state index in [9.17, 15) is 8.42 Å². The molecule has 0 aliphatic carbocycles. The van der Waals surface area contributed by atoms with Crippen LogP contribution in [-0.4, -0.2) is 24.6 Å². The van der Waals surface area contributed by atoms with Gasteiger partial charge in [0.25, 0.3) is 0 Å². The van der Waals surface area contributed by atoms with Crippen molar-refractivity contribution in [2.75, 3.05) is 11.6 Å². The van der Waals surface area contributed by atoms with Crippen LogP contribution in [0.1, 0.15) is 12.7 Å². The standard InChI is InChI=1S/C13H14ClN3O2S/c1-3-12-16-11(14)8-13(17-12)15-9-4-6-10(7-5-9)20(2,18)19/h4-8H,3H2,1-2H3,(H,15,16,17). The van der Waals surface area contributed by atoms with Crippen molar-refractivity contribution in [1.29, 1.82) is 0 Å². The van der Waals surface area contributed by atoms with Crippen LogP contribution in [0.3, 0.4) is 0 Å². The molecule has 2 aromatic rings. The number of sulfone groups is 1. The van der Waals surface area contributed by atoms with Gasteiger partial charge in [0.15, 0.2) is 9.84 Å². The van der Waals surface area contributed by atoms with E-state index in [1.54, 1.807) is 30.3 Å². The third-order valence-electron chi connectivity index (χ3n) is 2.61. The number of hydrogen-bond donors (Lipinski definition) is 1. The first-order chi connectivity index (χ1) is 9.38. The molecule has 0 saturated heterocycles. The fourth-order valence-corrected chi connectivity index (χ4v) is 2.45. The summed E-state index contributed by atoms with van der Waals surface area (Å²) in [6.45, 7) is 1.94. The van der Waals surface area contributed by atoms with E-state index in [0.29, 0.717) is 23.2 Å². The van der Waals surface area contributed by atoms with Gasteiger partial charge in [0.05, 0.1) is 4.90 Å². The van der Waals surface area contributed by atoms with Crippen LogP contribution in [0.25, 0.3) is 0 Å². The number of rotatable bonds is 4. The second-order valence-corrected chi connectivity index (χ2v) is 6.67. The van der Waals surface area contributed by atoms with Crippen molar-refractivity contribution in [1.82, 2.24) is 9.97 Å². The summed E-state index contributed by atoms with van der Waals surface area (Å²) in [6.07, 6.45) is 1.86. The van der Waals surface area contributed by atoms with E-state index < -0.39 is 9.84 Å². The van der Waals surface area contributed by atoms with Crippen molar-refractivity contribution in [2.24, 2.45) is 0 Å². The Bertz CT molecular complexity index is 715. The zero-order valence-electron chi connectivity index (χ0n) is 11.1. The van der Waals surface area contributed by atoms with Gasteiger partial charge >= 0.3 is 0 Å². The van der Waals surface area contributed by atoms with Gasteiger partial charge in [-0.05, 0) is 24.3 Å². The van der Waals surface area contributed by atoms with E-state index in [2.05, 4.69) is 15.3 Å². The van der Waals surface area contributed by atoms with Gasteiger partial charge in [-0.1, -0.05) is 18.5 Å². The van der Waals surface area contributed by atoms with E-state index in [1.165, 1.54) is 6.26 Å². The lowest BCUT2D eigenvalue weighted by atomic mass is 10.3. The van der Waals surface area contributed by atoms with Crippen LogP contribution >= 0.6 is 11.6 Å². The maximum Gasteiger partial charge on any atom is 0.175 e. The molecule has 1 aromatic heterocycles. The molecule has 0 atom stereocenters. The second kappa shape index (κ2) is 5.76. The van der Waals surface area contributed by atoms with Crippen LogP contribution in [0.2, 0.25) is 5.15 Å². The highest BCUT2D eigenvalue weighted by Gasteiger charge is 2.07. The molecule has 1 heterocycles. The van der Waals surface area contributed by atoms with Gasteiger partial charge in [-0.15, -0.1) is 0 Å². The highest BCUT2D eigenvalue weighted by molar-refractivity contribution is 7.90. The Morgan fingerprint density at radius 3 is 2.40 bits per heavy atom. The lowest BCUT2D eigenvalue weighted by Crippen LogP contribution is -2.00. The lowest BCUT2D eigenvalue weighted by Gasteiger charge is -2.08. The second-order valence-electron chi connectivity index (χ2n) is 4.27. The average molecular weight is 312 g/mol. The number of hydrogen-bond acceptors (Lipinski definition) is 5. The molecule has 0 fully saturated rings. The van der Waals surface area contributed by atoms with Crippen molar-refractivity contribution in [3.05, 3.63) is 41.3 Å². The molecule has 2 rings (SSSR count). The summed E-state index contributed by atoms with van der Waals surface area (Å²) in [5.74, 6) is 1.22. The summed E-state index contributed by atoms with van der Waals surface area (Å²) < 4.78 is 22.7. The Morgan fingerprint density at radius 1 is 1.20 bits per heavy atom. The SMILES string of the molecule is CCc1nc(Cl)cc(Nc2ccc(S(C)(=O)=O)cc2)n1. The Kier molecular flexibility index (Phi) is 4.25. The molecular formula is C13H14ClN3O2S. The van der Waals surface area contributed by atoms with E-state index in [0.717, 1.165) is 5.69 Å². The quantitative estimate of drug-likeness (QED) is 0.879. The smallest absolute Gasteiger partial charge is 0.175 e. The zero-order valence-corrected chi connectivity index (χ0v) is 12.7. The molecule has 0 radical (unpaired) electrons. The molecule has 0 aliphatic rings. The van der Waals surface area contributed by atoms with Crippen molar-refractivity contribution in [3.63, 3.8) is 0 Å². The summed E-state index contributed by atoms with van der Waals surface area (Å²) in [5.41, 5.74) is 0.731. The fourth-order valence-electron chi connectivity index (χ4n) is 1.62. The van der Waals surface area contributed by atoms with Gasteiger partial charge in [0.2, 0.25) is 0 Å². The third kappa shape index (κ3) is 3.68.